The Morgan fingerprint density at radius 3 is 2.60 bits per heavy atom. The molecule has 1 unspecified atom stereocenters. The fourth-order valence-corrected chi connectivity index (χ4v) is 4.14. The zero-order valence-corrected chi connectivity index (χ0v) is 18.3. The first kappa shape index (κ1) is 22.2. The highest BCUT2D eigenvalue weighted by Gasteiger charge is 2.38. The van der Waals surface area contributed by atoms with Gasteiger partial charge in [0.15, 0.2) is 0 Å². The lowest BCUT2D eigenvalue weighted by atomic mass is 9.80. The van der Waals surface area contributed by atoms with Crippen molar-refractivity contribution >= 4 is 42.0 Å². The third-order valence-electron chi connectivity index (χ3n) is 5.81. The monoisotopic (exact) mass is 466 g/mol. The van der Waals surface area contributed by atoms with E-state index in [1.54, 1.807) is 71.6 Å². The molecule has 2 heterocycles. The summed E-state index contributed by atoms with van der Waals surface area (Å²) in [6, 6.07) is 20.6. The van der Waals surface area contributed by atoms with Gasteiger partial charge < -0.3 is 25.0 Å². The third-order valence-corrected chi connectivity index (χ3v) is 5.81. The van der Waals surface area contributed by atoms with E-state index < -0.39 is 25.2 Å². The number of amides is 3. The van der Waals surface area contributed by atoms with E-state index in [0.29, 0.717) is 33.7 Å². The van der Waals surface area contributed by atoms with Crippen LogP contribution < -0.4 is 25.7 Å². The van der Waals surface area contributed by atoms with Gasteiger partial charge in [-0.15, -0.1) is 0 Å². The van der Waals surface area contributed by atoms with Gasteiger partial charge in [-0.1, -0.05) is 30.3 Å². The predicted molar refractivity (Wildman–Crippen MR) is 129 cm³/mol. The zero-order valence-electron chi connectivity index (χ0n) is 18.3. The Morgan fingerprint density at radius 1 is 1.06 bits per heavy atom. The minimum atomic E-state index is -1.55. The summed E-state index contributed by atoms with van der Waals surface area (Å²) in [5.74, 6) is 0.0989. The summed E-state index contributed by atoms with van der Waals surface area (Å²) < 4.78 is 5.85. The van der Waals surface area contributed by atoms with E-state index in [1.807, 2.05) is 6.07 Å². The Labute approximate surface area is 201 Å². The molecule has 1 fully saturated rings. The molecule has 2 aliphatic heterocycles. The molecule has 1 saturated heterocycles. The molecule has 1 atom stereocenters. The quantitative estimate of drug-likeness (QED) is 0.419. The highest BCUT2D eigenvalue weighted by atomic mass is 16.5. The number of hydrogen-bond donors (Lipinski definition) is 4. The molecule has 0 radical (unpaired) electrons. The summed E-state index contributed by atoms with van der Waals surface area (Å²) in [7, 11) is -1.55. The molecule has 3 amide bonds. The van der Waals surface area contributed by atoms with Crippen LogP contribution in [0.3, 0.4) is 0 Å². The molecule has 0 aliphatic carbocycles. The first-order valence-corrected chi connectivity index (χ1v) is 10.8. The molecule has 0 aromatic heterocycles. The molecule has 3 aromatic rings. The van der Waals surface area contributed by atoms with Gasteiger partial charge in [0.2, 0.25) is 0 Å². The Balaban J connectivity index is 1.44. The fourth-order valence-electron chi connectivity index (χ4n) is 4.14. The van der Waals surface area contributed by atoms with Gasteiger partial charge in [0.05, 0.1) is 22.9 Å². The lowest BCUT2D eigenvalue weighted by Gasteiger charge is -2.41. The highest BCUT2D eigenvalue weighted by molar-refractivity contribution is 6.58. The standard InChI is InChI=1S/C25H19BN4O5/c27-13-15-4-5-17-12-21-23(28-25(32)29-24(21)31)30(22(17)11-15)19-6-8-20(9-7-19)35-14-16-2-1-3-18(10-16)26(33)34/h1-12,23,33-34H,14H2,(H2,28,29,31,32). The van der Waals surface area contributed by atoms with Crippen LogP contribution in [-0.2, 0) is 11.4 Å². The van der Waals surface area contributed by atoms with E-state index in [2.05, 4.69) is 16.7 Å². The minimum Gasteiger partial charge on any atom is -0.489 e. The molecule has 0 spiro atoms. The number of urea groups is 1. The van der Waals surface area contributed by atoms with Gasteiger partial charge in [0, 0.05) is 5.69 Å². The molecule has 10 heteroatoms. The Morgan fingerprint density at radius 2 is 1.86 bits per heavy atom. The third kappa shape index (κ3) is 4.33. The van der Waals surface area contributed by atoms with Crippen molar-refractivity contribution < 1.29 is 24.4 Å². The Bertz CT molecular complexity index is 1400. The van der Waals surface area contributed by atoms with E-state index in [0.717, 1.165) is 11.1 Å². The van der Waals surface area contributed by atoms with Crippen LogP contribution in [-0.4, -0.2) is 35.3 Å². The number of carbonyl (C=O) groups excluding carboxylic acids is 2. The Kier molecular flexibility index (Phi) is 5.70. The molecule has 0 saturated carbocycles. The van der Waals surface area contributed by atoms with E-state index in [1.165, 1.54) is 0 Å². The number of fused-ring (bicyclic) bond motifs is 2. The van der Waals surface area contributed by atoms with Crippen LogP contribution in [0.5, 0.6) is 5.75 Å². The second kappa shape index (κ2) is 8.98. The molecule has 9 nitrogen and oxygen atoms in total. The highest BCUT2D eigenvalue weighted by Crippen LogP contribution is 2.39. The van der Waals surface area contributed by atoms with Crippen molar-refractivity contribution in [2.45, 2.75) is 12.8 Å². The molecule has 2 aliphatic rings. The van der Waals surface area contributed by atoms with E-state index in [-0.39, 0.29) is 6.61 Å². The van der Waals surface area contributed by atoms with Crippen LogP contribution in [0.25, 0.3) is 6.08 Å². The molecule has 0 bridgehead atoms. The number of nitrogens with zero attached hydrogens (tertiary/aromatic N) is 2. The van der Waals surface area contributed by atoms with Crippen molar-refractivity contribution in [2.24, 2.45) is 0 Å². The van der Waals surface area contributed by atoms with Gasteiger partial charge in [-0.05, 0) is 59.1 Å². The summed E-state index contributed by atoms with van der Waals surface area (Å²) in [5.41, 5.74) is 4.10. The number of nitriles is 1. The van der Waals surface area contributed by atoms with Crippen LogP contribution in [0.1, 0.15) is 16.7 Å². The minimum absolute atomic E-state index is 0.226. The second-order valence-corrected chi connectivity index (χ2v) is 8.09. The zero-order chi connectivity index (χ0) is 24.5. The topological polar surface area (TPSA) is 135 Å². The SMILES string of the molecule is N#Cc1ccc2c(c1)N(c1ccc(OCc3cccc(B(O)O)c3)cc1)C1NC(=O)NC(=O)C1=C2. The largest absolute Gasteiger partial charge is 0.489 e. The van der Waals surface area contributed by atoms with Gasteiger partial charge in [-0.3, -0.25) is 10.1 Å². The number of imide groups is 1. The van der Waals surface area contributed by atoms with Crippen LogP contribution in [0, 0.1) is 11.3 Å². The van der Waals surface area contributed by atoms with Crippen LogP contribution in [0.2, 0.25) is 0 Å². The van der Waals surface area contributed by atoms with E-state index >= 15 is 0 Å². The number of carbonyl (C=O) groups is 2. The molecule has 35 heavy (non-hydrogen) atoms. The van der Waals surface area contributed by atoms with Crippen molar-refractivity contribution in [1.29, 1.82) is 5.26 Å². The lowest BCUT2D eigenvalue weighted by molar-refractivity contribution is -0.117. The average molecular weight is 466 g/mol. The number of hydrogen-bond acceptors (Lipinski definition) is 7. The number of nitrogens with one attached hydrogen (secondary N) is 2. The van der Waals surface area contributed by atoms with Crippen LogP contribution in [0.15, 0.2) is 72.3 Å². The van der Waals surface area contributed by atoms with Crippen molar-refractivity contribution in [3.8, 4) is 11.8 Å². The van der Waals surface area contributed by atoms with E-state index in [9.17, 15) is 24.9 Å². The molecule has 3 aromatic carbocycles. The first-order valence-electron chi connectivity index (χ1n) is 10.8. The summed E-state index contributed by atoms with van der Waals surface area (Å²) >= 11 is 0. The van der Waals surface area contributed by atoms with Crippen molar-refractivity contribution in [2.75, 3.05) is 4.90 Å². The Hall–Kier alpha value is -4.59. The van der Waals surface area contributed by atoms with Crippen molar-refractivity contribution in [1.82, 2.24) is 10.6 Å². The second-order valence-electron chi connectivity index (χ2n) is 8.09. The average Bonchev–Trinajstić information content (AvgIpc) is 2.86. The van der Waals surface area contributed by atoms with Gasteiger partial charge in [-0.2, -0.15) is 5.26 Å². The van der Waals surface area contributed by atoms with Gasteiger partial charge in [-0.25, -0.2) is 4.79 Å². The summed E-state index contributed by atoms with van der Waals surface area (Å²) in [4.78, 5) is 26.4. The van der Waals surface area contributed by atoms with Crippen LogP contribution in [0.4, 0.5) is 16.2 Å². The number of benzene rings is 3. The van der Waals surface area contributed by atoms with Gasteiger partial charge in [0.25, 0.3) is 5.91 Å². The van der Waals surface area contributed by atoms with Crippen LogP contribution >= 0.6 is 0 Å². The van der Waals surface area contributed by atoms with Crippen molar-refractivity contribution in [3.05, 3.63) is 89.0 Å². The number of ether oxygens (including phenoxy) is 1. The molecular weight excluding hydrogens is 447 g/mol. The van der Waals surface area contributed by atoms with E-state index in [4.69, 9.17) is 4.74 Å². The maximum Gasteiger partial charge on any atom is 0.488 e. The van der Waals surface area contributed by atoms with Crippen molar-refractivity contribution in [3.63, 3.8) is 0 Å². The lowest BCUT2D eigenvalue weighted by Crippen LogP contribution is -2.60. The normalized spacial score (nSPS) is 16.2. The van der Waals surface area contributed by atoms with Gasteiger partial charge in [0.1, 0.15) is 18.5 Å². The fraction of sp³-hybridized carbons (Fsp3) is 0.0800. The molecule has 5 rings (SSSR count). The summed E-state index contributed by atoms with van der Waals surface area (Å²) in [6.07, 6.45) is 0.971. The predicted octanol–water partition coefficient (Wildman–Crippen LogP) is 1.52. The first-order chi connectivity index (χ1) is 16.9. The van der Waals surface area contributed by atoms with Gasteiger partial charge >= 0.3 is 13.1 Å². The summed E-state index contributed by atoms with van der Waals surface area (Å²) in [5, 5.41) is 33.1. The number of anilines is 2. The molecule has 172 valence electrons. The smallest absolute Gasteiger partial charge is 0.488 e. The number of rotatable bonds is 5. The molecule has 4 N–H and O–H groups in total. The maximum absolute atomic E-state index is 12.5. The summed E-state index contributed by atoms with van der Waals surface area (Å²) in [6.45, 7) is 0.226. The molecular formula is C25H19BN4O5. The maximum atomic E-state index is 12.5.